The molecule has 3 aromatic rings. The minimum absolute atomic E-state index is 0.0644. The maximum Gasteiger partial charge on any atom is 0.262 e. The molecular weight excluding hydrogens is 404 g/mol. The summed E-state index contributed by atoms with van der Waals surface area (Å²) in [5.41, 5.74) is 2.82. The lowest BCUT2D eigenvalue weighted by atomic mass is 9.78. The first-order valence-electron chi connectivity index (χ1n) is 11.3. The molecule has 166 valence electrons. The van der Waals surface area contributed by atoms with Gasteiger partial charge in [-0.25, -0.2) is 9.97 Å². The number of rotatable bonds is 6. The number of amides is 1. The first-order valence-corrected chi connectivity index (χ1v) is 11.3. The number of fused-ring (bicyclic) bond motifs is 2. The van der Waals surface area contributed by atoms with Gasteiger partial charge in [-0.2, -0.15) is 0 Å². The van der Waals surface area contributed by atoms with Crippen LogP contribution >= 0.6 is 0 Å². The molecule has 2 aromatic carbocycles. The van der Waals surface area contributed by atoms with E-state index >= 15 is 0 Å². The number of nitrogens with zero attached hydrogens (tertiary/aromatic N) is 2. The summed E-state index contributed by atoms with van der Waals surface area (Å²) in [5.74, 6) is 3.09. The molecule has 3 heterocycles. The van der Waals surface area contributed by atoms with Crippen molar-refractivity contribution in [3.05, 3.63) is 54.0 Å². The molecule has 1 saturated heterocycles. The molecule has 0 bridgehead atoms. The summed E-state index contributed by atoms with van der Waals surface area (Å²) >= 11 is 0. The topological polar surface area (TPSA) is 85.4 Å². The predicted molar refractivity (Wildman–Crippen MR) is 123 cm³/mol. The van der Waals surface area contributed by atoms with Crippen molar-refractivity contribution in [2.24, 2.45) is 5.92 Å². The molecule has 7 nitrogen and oxygen atoms in total. The van der Waals surface area contributed by atoms with E-state index in [0.717, 1.165) is 71.8 Å². The highest BCUT2D eigenvalue weighted by molar-refractivity contribution is 5.95. The van der Waals surface area contributed by atoms with Gasteiger partial charge in [0.05, 0.1) is 23.2 Å². The summed E-state index contributed by atoms with van der Waals surface area (Å²) < 4.78 is 12.1. The van der Waals surface area contributed by atoms with Gasteiger partial charge >= 0.3 is 0 Å². The van der Waals surface area contributed by atoms with Crippen LogP contribution in [0, 0.1) is 12.8 Å². The van der Waals surface area contributed by atoms with Gasteiger partial charge in [-0.05, 0) is 74.9 Å². The van der Waals surface area contributed by atoms with Crippen molar-refractivity contribution in [2.45, 2.75) is 32.1 Å². The van der Waals surface area contributed by atoms with Crippen LogP contribution in [0.2, 0.25) is 0 Å². The highest BCUT2D eigenvalue weighted by atomic mass is 16.5. The van der Waals surface area contributed by atoms with Gasteiger partial charge in [0.2, 0.25) is 0 Å². The molecule has 0 radical (unpaired) electrons. The fourth-order valence-electron chi connectivity index (χ4n) is 4.86. The highest BCUT2D eigenvalue weighted by Gasteiger charge is 2.30. The molecule has 2 aliphatic heterocycles. The molecular formula is C25H28N4O3. The number of carbonyl (C=O) groups excluding carboxylic acids is 1. The van der Waals surface area contributed by atoms with Crippen LogP contribution in [0.25, 0.3) is 10.9 Å². The van der Waals surface area contributed by atoms with E-state index in [1.165, 1.54) is 0 Å². The average Bonchev–Trinajstić information content (AvgIpc) is 2.82. The third-order valence-corrected chi connectivity index (χ3v) is 6.41. The van der Waals surface area contributed by atoms with Gasteiger partial charge < -0.3 is 20.1 Å². The third-order valence-electron chi connectivity index (χ3n) is 6.41. The summed E-state index contributed by atoms with van der Waals surface area (Å²) in [5, 5.41) is 7.34. The number of piperidine rings is 1. The molecule has 2 N–H and O–H groups in total. The van der Waals surface area contributed by atoms with Crippen molar-refractivity contribution in [1.29, 1.82) is 0 Å². The number of aryl methyl sites for hydroxylation is 1. The molecule has 1 atom stereocenters. The summed E-state index contributed by atoms with van der Waals surface area (Å²) in [4.78, 5) is 20.6. The second kappa shape index (κ2) is 9.12. The minimum atomic E-state index is -0.107. The molecule has 7 heteroatoms. The second-order valence-electron chi connectivity index (χ2n) is 8.50. The van der Waals surface area contributed by atoms with Gasteiger partial charge in [-0.1, -0.05) is 18.2 Å². The maximum absolute atomic E-state index is 11.8. The molecule has 1 fully saturated rings. The van der Waals surface area contributed by atoms with Gasteiger partial charge in [0, 0.05) is 6.20 Å². The van der Waals surface area contributed by atoms with Gasteiger partial charge in [-0.3, -0.25) is 4.79 Å². The standard InChI is InChI=1S/C25H28N4O3/c1-16-27-14-20-21(28-16)5-3-7-23(20)31-13-10-18(17-8-11-26-12-9-17)19-4-2-6-22-25(19)32-15-24(30)29-22/h2-7,14,17-18,26H,8-13,15H2,1H3,(H,29,30). The van der Waals surface area contributed by atoms with E-state index in [1.807, 2.05) is 43.5 Å². The second-order valence-corrected chi connectivity index (χ2v) is 8.50. The van der Waals surface area contributed by atoms with Crippen LogP contribution in [0.3, 0.4) is 0 Å². The fraction of sp³-hybridized carbons (Fsp3) is 0.400. The molecule has 0 spiro atoms. The van der Waals surface area contributed by atoms with Gasteiger partial charge in [0.1, 0.15) is 17.3 Å². The number of para-hydroxylation sites is 1. The van der Waals surface area contributed by atoms with Crippen LogP contribution in [0.5, 0.6) is 11.5 Å². The molecule has 1 amide bonds. The fourth-order valence-corrected chi connectivity index (χ4v) is 4.86. The lowest BCUT2D eigenvalue weighted by Gasteiger charge is -2.33. The van der Waals surface area contributed by atoms with Gasteiger partial charge in [-0.15, -0.1) is 0 Å². The Morgan fingerprint density at radius 2 is 2.03 bits per heavy atom. The Labute approximate surface area is 187 Å². The largest absolute Gasteiger partial charge is 0.493 e. The van der Waals surface area contributed by atoms with Gasteiger partial charge in [0.25, 0.3) is 5.91 Å². The molecule has 1 aromatic heterocycles. The zero-order valence-corrected chi connectivity index (χ0v) is 18.3. The van der Waals surface area contributed by atoms with Crippen LogP contribution in [-0.4, -0.2) is 42.2 Å². The number of hydrogen-bond acceptors (Lipinski definition) is 6. The highest BCUT2D eigenvalue weighted by Crippen LogP contribution is 2.43. The van der Waals surface area contributed by atoms with Crippen molar-refractivity contribution in [2.75, 3.05) is 31.6 Å². The monoisotopic (exact) mass is 432 g/mol. The summed E-state index contributed by atoms with van der Waals surface area (Å²) in [7, 11) is 0. The quantitative estimate of drug-likeness (QED) is 0.616. The smallest absolute Gasteiger partial charge is 0.262 e. The number of anilines is 1. The number of nitrogens with one attached hydrogen (secondary N) is 2. The Balaban J connectivity index is 1.39. The van der Waals surface area contributed by atoms with Crippen LogP contribution < -0.4 is 20.1 Å². The Kier molecular flexibility index (Phi) is 5.90. The van der Waals surface area contributed by atoms with E-state index in [4.69, 9.17) is 9.47 Å². The Morgan fingerprint density at radius 3 is 2.91 bits per heavy atom. The number of benzene rings is 2. The van der Waals surface area contributed by atoms with Crippen LogP contribution in [-0.2, 0) is 4.79 Å². The van der Waals surface area contributed by atoms with Crippen LogP contribution in [0.4, 0.5) is 5.69 Å². The third kappa shape index (κ3) is 4.25. The summed E-state index contributed by atoms with van der Waals surface area (Å²) in [6, 6.07) is 12.0. The Morgan fingerprint density at radius 1 is 1.19 bits per heavy atom. The van der Waals surface area contributed by atoms with Crippen molar-refractivity contribution in [3.8, 4) is 11.5 Å². The van der Waals surface area contributed by atoms with E-state index in [-0.39, 0.29) is 18.4 Å². The van der Waals surface area contributed by atoms with Crippen molar-refractivity contribution in [1.82, 2.24) is 15.3 Å². The predicted octanol–water partition coefficient (Wildman–Crippen LogP) is 3.82. The van der Waals surface area contributed by atoms with Gasteiger partial charge in [0.15, 0.2) is 6.61 Å². The SMILES string of the molecule is Cc1ncc2c(OCCC(c3cccc4c3OCC(=O)N4)C3CCNCC3)cccc2n1. The summed E-state index contributed by atoms with van der Waals surface area (Å²) in [6.07, 6.45) is 4.92. The maximum atomic E-state index is 11.8. The average molecular weight is 433 g/mol. The Bertz CT molecular complexity index is 1130. The molecule has 0 saturated carbocycles. The Hall–Kier alpha value is -3.19. The lowest BCUT2D eigenvalue weighted by molar-refractivity contribution is -0.118. The van der Waals surface area contributed by atoms with E-state index in [1.54, 1.807) is 0 Å². The first kappa shape index (κ1) is 20.7. The molecule has 0 aliphatic carbocycles. The van der Waals surface area contributed by atoms with E-state index in [2.05, 4.69) is 26.7 Å². The summed E-state index contributed by atoms with van der Waals surface area (Å²) in [6.45, 7) is 4.58. The van der Waals surface area contributed by atoms with E-state index in [9.17, 15) is 4.79 Å². The molecule has 32 heavy (non-hydrogen) atoms. The van der Waals surface area contributed by atoms with Crippen molar-refractivity contribution < 1.29 is 14.3 Å². The molecule has 2 aliphatic rings. The van der Waals surface area contributed by atoms with Crippen molar-refractivity contribution >= 4 is 22.5 Å². The lowest BCUT2D eigenvalue weighted by Crippen LogP contribution is -2.32. The first-order chi connectivity index (χ1) is 15.7. The zero-order chi connectivity index (χ0) is 21.9. The molecule has 1 unspecified atom stereocenters. The number of hydrogen-bond donors (Lipinski definition) is 2. The number of aromatic nitrogens is 2. The minimum Gasteiger partial charge on any atom is -0.493 e. The molecule has 5 rings (SSSR count). The van der Waals surface area contributed by atoms with E-state index < -0.39 is 0 Å². The number of ether oxygens (including phenoxy) is 2. The zero-order valence-electron chi connectivity index (χ0n) is 18.3. The number of carbonyl (C=O) groups is 1. The van der Waals surface area contributed by atoms with Crippen LogP contribution in [0.1, 0.15) is 36.6 Å². The van der Waals surface area contributed by atoms with E-state index in [0.29, 0.717) is 12.5 Å². The normalized spacial score (nSPS) is 17.3. The van der Waals surface area contributed by atoms with Crippen LogP contribution in [0.15, 0.2) is 42.6 Å². The van der Waals surface area contributed by atoms with Crippen molar-refractivity contribution in [3.63, 3.8) is 0 Å².